The van der Waals surface area contributed by atoms with Crippen LogP contribution >= 0.6 is 11.8 Å². The van der Waals surface area contributed by atoms with Crippen molar-refractivity contribution in [3.63, 3.8) is 0 Å². The third kappa shape index (κ3) is 1.96. The van der Waals surface area contributed by atoms with Crippen LogP contribution in [0.25, 0.3) is 11.2 Å². The Hall–Kier alpha value is -1.50. The molecule has 2 aromatic rings. The summed E-state index contributed by atoms with van der Waals surface area (Å²) in [6.45, 7) is 0. The predicted octanol–water partition coefficient (Wildman–Crippen LogP) is -0.155. The largest absolute Gasteiger partial charge is 0.336 e. The maximum absolute atomic E-state index is 11.3. The molecule has 0 atom stereocenters. The van der Waals surface area contributed by atoms with Crippen LogP contribution in [0, 0.1) is 0 Å². The van der Waals surface area contributed by atoms with Crippen molar-refractivity contribution in [2.45, 2.75) is 6.42 Å². The summed E-state index contributed by atoms with van der Waals surface area (Å²) in [5, 5.41) is 0. The van der Waals surface area contributed by atoms with Crippen molar-refractivity contribution < 1.29 is 0 Å². The quantitative estimate of drug-likeness (QED) is 0.678. The summed E-state index contributed by atoms with van der Waals surface area (Å²) in [5.74, 6) is 1.63. The fraction of sp³-hybridized carbons (Fsp3) is 0.375. The molecule has 0 aromatic carbocycles. The molecule has 0 bridgehead atoms. The first-order valence-corrected chi connectivity index (χ1v) is 5.80. The Morgan fingerprint density at radius 3 is 2.80 bits per heavy atom. The molecule has 6 nitrogen and oxygen atoms in total. The van der Waals surface area contributed by atoms with Crippen molar-refractivity contribution in [1.82, 2.24) is 19.9 Å². The van der Waals surface area contributed by atoms with E-state index in [1.54, 1.807) is 11.8 Å². The van der Waals surface area contributed by atoms with Crippen molar-refractivity contribution in [1.29, 1.82) is 0 Å². The molecular formula is C8H10N4O2S. The Kier molecular flexibility index (Phi) is 2.63. The van der Waals surface area contributed by atoms with E-state index < -0.39 is 11.2 Å². The molecule has 0 saturated carbocycles. The Bertz CT molecular complexity index is 582. The SMILES string of the molecule is CSCCc1nc2[nH]c(=O)[nH]c(=O)c2[nH]1. The first-order chi connectivity index (χ1) is 7.20. The van der Waals surface area contributed by atoms with Gasteiger partial charge in [0.2, 0.25) is 0 Å². The molecule has 0 aliphatic carbocycles. The summed E-state index contributed by atoms with van der Waals surface area (Å²) in [6, 6.07) is 0. The van der Waals surface area contributed by atoms with Crippen LogP contribution in [0.2, 0.25) is 0 Å². The molecule has 0 spiro atoms. The third-order valence-corrected chi connectivity index (χ3v) is 2.59. The minimum Gasteiger partial charge on any atom is -0.336 e. The molecule has 2 heterocycles. The van der Waals surface area contributed by atoms with Crippen molar-refractivity contribution in [3.05, 3.63) is 26.7 Å². The first kappa shape index (κ1) is 10.0. The van der Waals surface area contributed by atoms with Gasteiger partial charge in [0.1, 0.15) is 11.3 Å². The lowest BCUT2D eigenvalue weighted by atomic mass is 10.5. The fourth-order valence-electron chi connectivity index (χ4n) is 1.30. The minimum absolute atomic E-state index is 0.319. The zero-order valence-electron chi connectivity index (χ0n) is 8.09. The van der Waals surface area contributed by atoms with E-state index in [2.05, 4.69) is 19.9 Å². The van der Waals surface area contributed by atoms with Crippen LogP contribution in [0.5, 0.6) is 0 Å². The number of nitrogens with one attached hydrogen (secondary N) is 3. The second kappa shape index (κ2) is 3.93. The van der Waals surface area contributed by atoms with Gasteiger partial charge in [-0.3, -0.25) is 14.8 Å². The average Bonchev–Trinajstić information content (AvgIpc) is 2.57. The second-order valence-corrected chi connectivity index (χ2v) is 4.04. The Morgan fingerprint density at radius 2 is 2.07 bits per heavy atom. The summed E-state index contributed by atoms with van der Waals surface area (Å²) in [4.78, 5) is 33.9. The second-order valence-electron chi connectivity index (χ2n) is 3.06. The van der Waals surface area contributed by atoms with Crippen molar-refractivity contribution >= 4 is 22.9 Å². The Morgan fingerprint density at radius 1 is 1.27 bits per heavy atom. The lowest BCUT2D eigenvalue weighted by Gasteiger charge is -1.90. The molecule has 0 amide bonds. The van der Waals surface area contributed by atoms with Crippen molar-refractivity contribution in [2.24, 2.45) is 0 Å². The van der Waals surface area contributed by atoms with Crippen LogP contribution in [0.4, 0.5) is 0 Å². The summed E-state index contributed by atoms with van der Waals surface area (Å²) in [5.41, 5.74) is -0.322. The van der Waals surface area contributed by atoms with E-state index in [4.69, 9.17) is 0 Å². The first-order valence-electron chi connectivity index (χ1n) is 4.41. The van der Waals surface area contributed by atoms with Crippen LogP contribution in [0.3, 0.4) is 0 Å². The minimum atomic E-state index is -0.532. The maximum atomic E-state index is 11.3. The van der Waals surface area contributed by atoms with Gasteiger partial charge in [0.15, 0.2) is 5.65 Å². The smallest absolute Gasteiger partial charge is 0.327 e. The molecule has 15 heavy (non-hydrogen) atoms. The van der Waals surface area contributed by atoms with E-state index in [0.29, 0.717) is 17.0 Å². The van der Waals surface area contributed by atoms with E-state index in [1.165, 1.54) is 0 Å². The van der Waals surface area contributed by atoms with Gasteiger partial charge in [0.25, 0.3) is 5.56 Å². The van der Waals surface area contributed by atoms with Crippen LogP contribution in [-0.2, 0) is 6.42 Å². The van der Waals surface area contributed by atoms with Gasteiger partial charge in [-0.15, -0.1) is 0 Å². The van der Waals surface area contributed by atoms with Gasteiger partial charge < -0.3 is 4.98 Å². The molecule has 0 saturated heterocycles. The Labute approximate surface area is 88.5 Å². The zero-order chi connectivity index (χ0) is 10.8. The number of aromatic nitrogens is 4. The summed E-state index contributed by atoms with van der Waals surface area (Å²) in [7, 11) is 0. The molecule has 0 fully saturated rings. The lowest BCUT2D eigenvalue weighted by Crippen LogP contribution is -2.21. The molecule has 3 N–H and O–H groups in total. The molecule has 0 aliphatic rings. The molecule has 7 heteroatoms. The molecule has 80 valence electrons. The summed E-state index contributed by atoms with van der Waals surface area (Å²) < 4.78 is 0. The van der Waals surface area contributed by atoms with Crippen LogP contribution < -0.4 is 11.2 Å². The molecule has 0 radical (unpaired) electrons. The topological polar surface area (TPSA) is 94.4 Å². The van der Waals surface area contributed by atoms with E-state index in [1.807, 2.05) is 6.26 Å². The van der Waals surface area contributed by atoms with Crippen LogP contribution in [0.1, 0.15) is 5.82 Å². The number of imidazole rings is 1. The van der Waals surface area contributed by atoms with E-state index >= 15 is 0 Å². The molecule has 2 aromatic heterocycles. The highest BCUT2D eigenvalue weighted by molar-refractivity contribution is 7.98. The average molecular weight is 226 g/mol. The predicted molar refractivity (Wildman–Crippen MR) is 59.4 cm³/mol. The fourth-order valence-corrected chi connectivity index (χ4v) is 1.70. The van der Waals surface area contributed by atoms with Crippen molar-refractivity contribution in [2.75, 3.05) is 12.0 Å². The molecular weight excluding hydrogens is 216 g/mol. The van der Waals surface area contributed by atoms with E-state index in [-0.39, 0.29) is 0 Å². The number of rotatable bonds is 3. The molecule has 0 aliphatic heterocycles. The number of nitrogens with zero attached hydrogens (tertiary/aromatic N) is 1. The van der Waals surface area contributed by atoms with E-state index in [9.17, 15) is 9.59 Å². The highest BCUT2D eigenvalue weighted by Gasteiger charge is 2.06. The van der Waals surface area contributed by atoms with Crippen LogP contribution in [-0.4, -0.2) is 31.9 Å². The molecule has 2 rings (SSSR count). The number of H-pyrrole nitrogens is 3. The normalized spacial score (nSPS) is 11.0. The molecule has 0 unspecified atom stereocenters. The van der Waals surface area contributed by atoms with Gasteiger partial charge >= 0.3 is 5.69 Å². The Balaban J connectivity index is 2.51. The lowest BCUT2D eigenvalue weighted by molar-refractivity contribution is 1.01. The highest BCUT2D eigenvalue weighted by atomic mass is 32.2. The number of thioether (sulfide) groups is 1. The number of aromatic amines is 3. The van der Waals surface area contributed by atoms with Gasteiger partial charge in [-0.05, 0) is 6.26 Å². The number of fused-ring (bicyclic) bond motifs is 1. The standard InChI is InChI=1S/C8H10N4O2S/c1-15-3-2-4-9-5-6(10-4)11-8(14)12-7(5)13/h2-3H2,1H3,(H3,9,10,11,12,13,14). The van der Waals surface area contributed by atoms with Gasteiger partial charge in [-0.1, -0.05) is 0 Å². The van der Waals surface area contributed by atoms with Gasteiger partial charge in [-0.2, -0.15) is 11.8 Å². The van der Waals surface area contributed by atoms with Gasteiger partial charge in [0.05, 0.1) is 0 Å². The van der Waals surface area contributed by atoms with Crippen molar-refractivity contribution in [3.8, 4) is 0 Å². The highest BCUT2D eigenvalue weighted by Crippen LogP contribution is 2.04. The monoisotopic (exact) mass is 226 g/mol. The number of hydrogen-bond acceptors (Lipinski definition) is 4. The van der Waals surface area contributed by atoms with Gasteiger partial charge in [0, 0.05) is 12.2 Å². The zero-order valence-corrected chi connectivity index (χ0v) is 8.90. The number of aryl methyl sites for hydroxylation is 1. The maximum Gasteiger partial charge on any atom is 0.327 e. The van der Waals surface area contributed by atoms with Gasteiger partial charge in [-0.25, -0.2) is 9.78 Å². The summed E-state index contributed by atoms with van der Waals surface area (Å²) in [6.07, 6.45) is 2.74. The summed E-state index contributed by atoms with van der Waals surface area (Å²) >= 11 is 1.70. The van der Waals surface area contributed by atoms with E-state index in [0.717, 1.165) is 12.2 Å². The van der Waals surface area contributed by atoms with Crippen LogP contribution in [0.15, 0.2) is 9.59 Å². The third-order valence-electron chi connectivity index (χ3n) is 1.98. The number of hydrogen-bond donors (Lipinski definition) is 3.